The van der Waals surface area contributed by atoms with E-state index in [1.807, 2.05) is 30.3 Å². The van der Waals surface area contributed by atoms with Crippen LogP contribution in [0.4, 0.5) is 0 Å². The second kappa shape index (κ2) is 13.1. The molecule has 1 atom stereocenters. The fourth-order valence-electron chi connectivity index (χ4n) is 8.16. The zero-order chi connectivity index (χ0) is 36.1. The summed E-state index contributed by atoms with van der Waals surface area (Å²) in [5, 5.41) is 12.8. The standard InChI is InChI=1S/C50H37N3/c1-4-15-41-32(2)33(3)42-24-25-48-50(49(41)42)44-22-13-14-23-47(44)53(48)40-27-37(26-39(28-40)43-21-12-11-20-36(43)31-51)38-29-45(34-16-7-5-8-17-34)52-46(30-38)35-18-9-6-10-19-35/h4-30,33H,1-3H3/b15-4-. The van der Waals surface area contributed by atoms with Gasteiger partial charge in [-0.05, 0) is 101 Å². The molecule has 8 aromatic rings. The molecule has 252 valence electrons. The summed E-state index contributed by atoms with van der Waals surface area (Å²) in [6.07, 6.45) is 4.43. The molecule has 0 bridgehead atoms. The third-order valence-corrected chi connectivity index (χ3v) is 10.8. The van der Waals surface area contributed by atoms with E-state index >= 15 is 0 Å². The van der Waals surface area contributed by atoms with E-state index in [2.05, 4.69) is 165 Å². The zero-order valence-corrected chi connectivity index (χ0v) is 30.0. The molecular formula is C50H37N3. The van der Waals surface area contributed by atoms with Crippen LogP contribution >= 0.6 is 0 Å². The SMILES string of the molecule is C/C=C\C1=C(C)C(C)c2ccc3c(c21)c1ccccc1n3-c1cc(-c2cc(-c3ccccc3)nc(-c3ccccc3)c2)cc(-c2ccccc2C#N)c1. The summed E-state index contributed by atoms with van der Waals surface area (Å²) in [7, 11) is 0. The van der Waals surface area contributed by atoms with Crippen molar-refractivity contribution in [3.63, 3.8) is 0 Å². The minimum absolute atomic E-state index is 0.351. The van der Waals surface area contributed by atoms with Crippen LogP contribution < -0.4 is 0 Å². The Morgan fingerprint density at radius 2 is 1.26 bits per heavy atom. The van der Waals surface area contributed by atoms with Crippen molar-refractivity contribution in [2.45, 2.75) is 26.7 Å². The summed E-state index contributed by atoms with van der Waals surface area (Å²) < 4.78 is 2.41. The van der Waals surface area contributed by atoms with Gasteiger partial charge in [0.15, 0.2) is 0 Å². The largest absolute Gasteiger partial charge is 0.309 e. The summed E-state index contributed by atoms with van der Waals surface area (Å²) in [5.74, 6) is 0.351. The van der Waals surface area contributed by atoms with Crippen LogP contribution in [0.5, 0.6) is 0 Å². The highest BCUT2D eigenvalue weighted by atomic mass is 15.0. The lowest BCUT2D eigenvalue weighted by atomic mass is 9.94. The van der Waals surface area contributed by atoms with E-state index in [4.69, 9.17) is 4.98 Å². The number of rotatable bonds is 6. The van der Waals surface area contributed by atoms with E-state index < -0.39 is 0 Å². The van der Waals surface area contributed by atoms with Gasteiger partial charge < -0.3 is 4.57 Å². The Morgan fingerprint density at radius 1 is 0.642 bits per heavy atom. The normalized spacial score (nSPS) is 14.0. The molecule has 0 fully saturated rings. The van der Waals surface area contributed by atoms with Crippen molar-refractivity contribution in [3.05, 3.63) is 186 Å². The summed E-state index contributed by atoms with van der Waals surface area (Å²) in [6, 6.07) is 55.7. The Kier molecular flexibility index (Phi) is 7.95. The molecule has 6 aromatic carbocycles. The van der Waals surface area contributed by atoms with Gasteiger partial charge in [-0.3, -0.25) is 0 Å². The molecule has 3 nitrogen and oxygen atoms in total. The number of benzene rings is 6. The van der Waals surface area contributed by atoms with E-state index in [9.17, 15) is 5.26 Å². The summed E-state index contributed by atoms with van der Waals surface area (Å²) >= 11 is 0. The summed E-state index contributed by atoms with van der Waals surface area (Å²) in [6.45, 7) is 6.69. The van der Waals surface area contributed by atoms with Gasteiger partial charge in [-0.25, -0.2) is 4.98 Å². The van der Waals surface area contributed by atoms with Crippen molar-refractivity contribution >= 4 is 27.4 Å². The van der Waals surface area contributed by atoms with Crippen LogP contribution in [0.2, 0.25) is 0 Å². The number of fused-ring (bicyclic) bond motifs is 5. The maximum absolute atomic E-state index is 10.3. The van der Waals surface area contributed by atoms with Gasteiger partial charge >= 0.3 is 0 Å². The van der Waals surface area contributed by atoms with Gasteiger partial charge in [-0.15, -0.1) is 0 Å². The molecule has 0 saturated carbocycles. The molecule has 3 heteroatoms. The number of pyridine rings is 1. The Morgan fingerprint density at radius 3 is 1.96 bits per heavy atom. The van der Waals surface area contributed by atoms with E-state index in [1.54, 1.807) is 0 Å². The topological polar surface area (TPSA) is 41.6 Å². The lowest BCUT2D eigenvalue weighted by molar-refractivity contribution is 0.922. The van der Waals surface area contributed by atoms with Crippen molar-refractivity contribution in [1.29, 1.82) is 5.26 Å². The van der Waals surface area contributed by atoms with Gasteiger partial charge in [-0.2, -0.15) is 5.26 Å². The molecule has 1 unspecified atom stereocenters. The fraction of sp³-hybridized carbons (Fsp3) is 0.0800. The third-order valence-electron chi connectivity index (χ3n) is 10.8. The fourth-order valence-corrected chi connectivity index (χ4v) is 8.16. The van der Waals surface area contributed by atoms with Crippen LogP contribution in [0.15, 0.2) is 169 Å². The van der Waals surface area contributed by atoms with Crippen LogP contribution in [-0.4, -0.2) is 9.55 Å². The van der Waals surface area contributed by atoms with E-state index in [-0.39, 0.29) is 0 Å². The summed E-state index contributed by atoms with van der Waals surface area (Å²) in [4.78, 5) is 5.17. The first-order valence-corrected chi connectivity index (χ1v) is 18.2. The summed E-state index contributed by atoms with van der Waals surface area (Å²) in [5.41, 5.74) is 17.4. The maximum atomic E-state index is 10.3. The molecule has 0 amide bonds. The lowest BCUT2D eigenvalue weighted by Gasteiger charge is -2.16. The number of nitriles is 1. The van der Waals surface area contributed by atoms with Crippen LogP contribution in [0.3, 0.4) is 0 Å². The van der Waals surface area contributed by atoms with Crippen molar-refractivity contribution < 1.29 is 0 Å². The third kappa shape index (κ3) is 5.39. The number of hydrogen-bond donors (Lipinski definition) is 0. The van der Waals surface area contributed by atoms with Crippen molar-refractivity contribution in [1.82, 2.24) is 9.55 Å². The van der Waals surface area contributed by atoms with Gasteiger partial charge in [0, 0.05) is 33.5 Å². The molecule has 0 spiro atoms. The minimum atomic E-state index is 0.351. The highest BCUT2D eigenvalue weighted by Crippen LogP contribution is 2.48. The predicted molar refractivity (Wildman–Crippen MR) is 221 cm³/mol. The van der Waals surface area contributed by atoms with Gasteiger partial charge in [0.25, 0.3) is 0 Å². The average molecular weight is 680 g/mol. The van der Waals surface area contributed by atoms with E-state index in [0.717, 1.165) is 61.5 Å². The smallest absolute Gasteiger partial charge is 0.0998 e. The first kappa shape index (κ1) is 32.2. The Labute approximate surface area is 310 Å². The second-order valence-corrected chi connectivity index (χ2v) is 13.9. The number of aromatic nitrogens is 2. The van der Waals surface area contributed by atoms with Gasteiger partial charge in [0.05, 0.1) is 34.1 Å². The van der Waals surface area contributed by atoms with Gasteiger partial charge in [0.1, 0.15) is 0 Å². The van der Waals surface area contributed by atoms with E-state index in [0.29, 0.717) is 11.5 Å². The Bertz CT molecular complexity index is 2750. The maximum Gasteiger partial charge on any atom is 0.0998 e. The molecule has 0 saturated heterocycles. The molecule has 1 aliphatic carbocycles. The lowest BCUT2D eigenvalue weighted by Crippen LogP contribution is -1.98. The molecule has 2 heterocycles. The zero-order valence-electron chi connectivity index (χ0n) is 30.0. The van der Waals surface area contributed by atoms with E-state index in [1.165, 1.54) is 33.0 Å². The number of nitrogens with zero attached hydrogens (tertiary/aromatic N) is 3. The van der Waals surface area contributed by atoms with Crippen LogP contribution in [-0.2, 0) is 0 Å². The quantitative estimate of drug-likeness (QED) is 0.175. The predicted octanol–water partition coefficient (Wildman–Crippen LogP) is 13.2. The van der Waals surface area contributed by atoms with Crippen LogP contribution in [0, 0.1) is 11.3 Å². The van der Waals surface area contributed by atoms with Crippen molar-refractivity contribution in [3.8, 4) is 56.5 Å². The van der Waals surface area contributed by atoms with Gasteiger partial charge in [-0.1, -0.05) is 128 Å². The molecular weight excluding hydrogens is 643 g/mol. The average Bonchev–Trinajstić information content (AvgIpc) is 3.68. The second-order valence-electron chi connectivity index (χ2n) is 13.9. The van der Waals surface area contributed by atoms with Crippen molar-refractivity contribution in [2.75, 3.05) is 0 Å². The molecule has 2 aromatic heterocycles. The van der Waals surface area contributed by atoms with Crippen LogP contribution in [0.1, 0.15) is 43.4 Å². The molecule has 0 radical (unpaired) electrons. The molecule has 0 N–H and O–H groups in total. The molecule has 53 heavy (non-hydrogen) atoms. The first-order valence-electron chi connectivity index (χ1n) is 18.2. The highest BCUT2D eigenvalue weighted by Gasteiger charge is 2.29. The monoisotopic (exact) mass is 679 g/mol. The highest BCUT2D eigenvalue weighted by molar-refractivity contribution is 6.16. The number of para-hydroxylation sites is 1. The molecule has 0 aliphatic heterocycles. The first-order chi connectivity index (χ1) is 26.0. The van der Waals surface area contributed by atoms with Crippen molar-refractivity contribution in [2.24, 2.45) is 0 Å². The number of hydrogen-bond acceptors (Lipinski definition) is 2. The Hall–Kier alpha value is -6.76. The van der Waals surface area contributed by atoms with Gasteiger partial charge in [0.2, 0.25) is 0 Å². The number of allylic oxidation sites excluding steroid dienone is 4. The minimum Gasteiger partial charge on any atom is -0.309 e. The Balaban J connectivity index is 1.36. The molecule has 1 aliphatic rings. The molecule has 9 rings (SSSR count). The van der Waals surface area contributed by atoms with Crippen LogP contribution in [0.25, 0.3) is 77.8 Å².